The first-order valence-electron chi connectivity index (χ1n) is 7.56. The third-order valence-corrected chi connectivity index (χ3v) is 5.42. The zero-order valence-corrected chi connectivity index (χ0v) is 14.1. The highest BCUT2D eigenvalue weighted by Gasteiger charge is 2.29. The van der Waals surface area contributed by atoms with E-state index >= 15 is 0 Å². The predicted molar refractivity (Wildman–Crippen MR) is 87.3 cm³/mol. The molecule has 0 radical (unpaired) electrons. The SMILES string of the molecule is COc1ccccc1CN1CC[C@@H](c2[nH]ncc2S(C)(=O)=O)C1. The lowest BCUT2D eigenvalue weighted by Crippen LogP contribution is -2.20. The second-order valence-corrected chi connectivity index (χ2v) is 7.94. The van der Waals surface area contributed by atoms with Crippen LogP contribution in [-0.2, 0) is 16.4 Å². The summed E-state index contributed by atoms with van der Waals surface area (Å²) in [6.07, 6.45) is 3.55. The number of ether oxygens (including phenoxy) is 1. The van der Waals surface area contributed by atoms with E-state index in [4.69, 9.17) is 4.74 Å². The lowest BCUT2D eigenvalue weighted by Gasteiger charge is -2.17. The van der Waals surface area contributed by atoms with Gasteiger partial charge in [-0.1, -0.05) is 18.2 Å². The molecule has 1 N–H and O–H groups in total. The molecule has 3 rings (SSSR count). The van der Waals surface area contributed by atoms with Crippen molar-refractivity contribution in [2.24, 2.45) is 0 Å². The molecule has 0 saturated carbocycles. The first kappa shape index (κ1) is 16.0. The number of methoxy groups -OCH3 is 1. The molecule has 6 nitrogen and oxygen atoms in total. The molecule has 1 aromatic carbocycles. The fraction of sp³-hybridized carbons (Fsp3) is 0.438. The van der Waals surface area contributed by atoms with Crippen LogP contribution in [0.15, 0.2) is 35.4 Å². The second-order valence-electron chi connectivity index (χ2n) is 5.95. The van der Waals surface area contributed by atoms with E-state index in [-0.39, 0.29) is 5.92 Å². The van der Waals surface area contributed by atoms with E-state index in [1.807, 2.05) is 18.2 Å². The van der Waals surface area contributed by atoms with Gasteiger partial charge in [-0.2, -0.15) is 5.10 Å². The molecule has 7 heteroatoms. The molecular formula is C16H21N3O3S. The highest BCUT2D eigenvalue weighted by atomic mass is 32.2. The highest BCUT2D eigenvalue weighted by molar-refractivity contribution is 7.90. The molecule has 0 unspecified atom stereocenters. The number of hydrogen-bond donors (Lipinski definition) is 1. The molecule has 1 aliphatic rings. The Bertz CT molecular complexity index is 785. The number of rotatable bonds is 5. The molecule has 1 aromatic heterocycles. The van der Waals surface area contributed by atoms with Gasteiger partial charge >= 0.3 is 0 Å². The number of hydrogen-bond acceptors (Lipinski definition) is 5. The van der Waals surface area contributed by atoms with Gasteiger partial charge in [0.2, 0.25) is 0 Å². The van der Waals surface area contributed by atoms with Crippen LogP contribution in [0.25, 0.3) is 0 Å². The summed E-state index contributed by atoms with van der Waals surface area (Å²) in [4.78, 5) is 2.64. The van der Waals surface area contributed by atoms with Gasteiger partial charge in [0.15, 0.2) is 9.84 Å². The number of H-pyrrole nitrogens is 1. The molecular weight excluding hydrogens is 314 g/mol. The number of aromatic amines is 1. The molecule has 2 heterocycles. The zero-order chi connectivity index (χ0) is 16.4. The Morgan fingerprint density at radius 2 is 2.17 bits per heavy atom. The summed E-state index contributed by atoms with van der Waals surface area (Å²) in [6.45, 7) is 2.52. The Morgan fingerprint density at radius 3 is 2.91 bits per heavy atom. The number of nitrogens with one attached hydrogen (secondary N) is 1. The van der Waals surface area contributed by atoms with E-state index in [0.29, 0.717) is 4.90 Å². The summed E-state index contributed by atoms with van der Waals surface area (Å²) in [7, 11) is -1.57. The Hall–Kier alpha value is -1.86. The Kier molecular flexibility index (Phi) is 4.41. The van der Waals surface area contributed by atoms with Crippen LogP contribution in [0.5, 0.6) is 5.75 Å². The van der Waals surface area contributed by atoms with Crippen molar-refractivity contribution in [3.63, 3.8) is 0 Å². The normalized spacial score (nSPS) is 19.1. The lowest BCUT2D eigenvalue weighted by atomic mass is 10.1. The van der Waals surface area contributed by atoms with E-state index in [2.05, 4.69) is 21.2 Å². The molecule has 2 aromatic rings. The van der Waals surface area contributed by atoms with Crippen molar-refractivity contribution in [2.75, 3.05) is 26.5 Å². The van der Waals surface area contributed by atoms with Crippen molar-refractivity contribution in [1.82, 2.24) is 15.1 Å². The molecule has 1 fully saturated rings. The Morgan fingerprint density at radius 1 is 1.39 bits per heavy atom. The fourth-order valence-corrected chi connectivity index (χ4v) is 4.02. The van der Waals surface area contributed by atoms with E-state index < -0.39 is 9.84 Å². The lowest BCUT2D eigenvalue weighted by molar-refractivity contribution is 0.316. The molecule has 23 heavy (non-hydrogen) atoms. The van der Waals surface area contributed by atoms with Gasteiger partial charge in [-0.25, -0.2) is 8.42 Å². The Balaban J connectivity index is 1.73. The van der Waals surface area contributed by atoms with Gasteiger partial charge in [0.25, 0.3) is 0 Å². The monoisotopic (exact) mass is 335 g/mol. The number of benzene rings is 1. The van der Waals surface area contributed by atoms with Crippen molar-refractivity contribution in [1.29, 1.82) is 0 Å². The smallest absolute Gasteiger partial charge is 0.178 e. The fourth-order valence-electron chi connectivity index (χ4n) is 3.16. The molecule has 0 spiro atoms. The average Bonchev–Trinajstić information content (AvgIpc) is 3.15. The molecule has 0 bridgehead atoms. The molecule has 1 saturated heterocycles. The minimum absolute atomic E-state index is 0.164. The minimum Gasteiger partial charge on any atom is -0.496 e. The summed E-state index contributed by atoms with van der Waals surface area (Å²) in [5.74, 6) is 1.05. The number of para-hydroxylation sites is 1. The van der Waals surface area contributed by atoms with Gasteiger partial charge in [0, 0.05) is 30.8 Å². The molecule has 124 valence electrons. The van der Waals surface area contributed by atoms with Gasteiger partial charge < -0.3 is 4.74 Å². The maximum Gasteiger partial charge on any atom is 0.178 e. The van der Waals surface area contributed by atoms with Crippen molar-refractivity contribution in [3.05, 3.63) is 41.7 Å². The highest BCUT2D eigenvalue weighted by Crippen LogP contribution is 2.31. The number of aromatic nitrogens is 2. The van der Waals surface area contributed by atoms with Crippen LogP contribution in [-0.4, -0.2) is 50.0 Å². The quantitative estimate of drug-likeness (QED) is 0.902. The van der Waals surface area contributed by atoms with Gasteiger partial charge in [0.05, 0.1) is 19.0 Å². The molecule has 0 aliphatic carbocycles. The van der Waals surface area contributed by atoms with Gasteiger partial charge in [-0.05, 0) is 19.0 Å². The van der Waals surface area contributed by atoms with Crippen LogP contribution in [0.4, 0.5) is 0 Å². The first-order chi connectivity index (χ1) is 11.0. The maximum atomic E-state index is 11.8. The summed E-state index contributed by atoms with van der Waals surface area (Å²) in [5.41, 5.74) is 1.87. The third-order valence-electron chi connectivity index (χ3n) is 4.30. The van der Waals surface area contributed by atoms with E-state index in [0.717, 1.165) is 43.1 Å². The molecule has 0 amide bonds. The van der Waals surface area contributed by atoms with Crippen LogP contribution >= 0.6 is 0 Å². The van der Waals surface area contributed by atoms with Crippen LogP contribution in [0, 0.1) is 0 Å². The first-order valence-corrected chi connectivity index (χ1v) is 9.45. The summed E-state index contributed by atoms with van der Waals surface area (Å²) in [6, 6.07) is 7.98. The summed E-state index contributed by atoms with van der Waals surface area (Å²) >= 11 is 0. The number of nitrogens with zero attached hydrogens (tertiary/aromatic N) is 2. The number of likely N-dealkylation sites (tertiary alicyclic amines) is 1. The van der Waals surface area contributed by atoms with Crippen molar-refractivity contribution < 1.29 is 13.2 Å². The van der Waals surface area contributed by atoms with Crippen molar-refractivity contribution >= 4 is 9.84 Å². The van der Waals surface area contributed by atoms with Crippen LogP contribution in [0.2, 0.25) is 0 Å². The van der Waals surface area contributed by atoms with E-state index in [1.165, 1.54) is 12.5 Å². The van der Waals surface area contributed by atoms with Crippen LogP contribution < -0.4 is 4.74 Å². The average molecular weight is 335 g/mol. The van der Waals surface area contributed by atoms with Crippen molar-refractivity contribution in [3.8, 4) is 5.75 Å². The predicted octanol–water partition coefficient (Wildman–Crippen LogP) is 1.81. The van der Waals surface area contributed by atoms with Gasteiger partial charge in [-0.3, -0.25) is 10.00 Å². The third kappa shape index (κ3) is 3.40. The molecule has 1 aliphatic heterocycles. The second kappa shape index (κ2) is 6.33. The number of sulfone groups is 1. The minimum atomic E-state index is -3.25. The maximum absolute atomic E-state index is 11.8. The zero-order valence-electron chi connectivity index (χ0n) is 13.3. The van der Waals surface area contributed by atoms with Crippen LogP contribution in [0.3, 0.4) is 0 Å². The van der Waals surface area contributed by atoms with Gasteiger partial charge in [0.1, 0.15) is 10.6 Å². The summed E-state index contributed by atoms with van der Waals surface area (Å²) < 4.78 is 29.1. The van der Waals surface area contributed by atoms with E-state index in [1.54, 1.807) is 7.11 Å². The Labute approximate surface area is 136 Å². The van der Waals surface area contributed by atoms with E-state index in [9.17, 15) is 8.42 Å². The topological polar surface area (TPSA) is 75.3 Å². The largest absolute Gasteiger partial charge is 0.496 e. The standard InChI is InChI=1S/C16H21N3O3S/c1-22-14-6-4-3-5-12(14)10-19-8-7-13(11-19)16-15(9-17-18-16)23(2,20)21/h3-6,9,13H,7-8,10-11H2,1-2H3,(H,17,18)/t13-/m1/s1. The van der Waals surface area contributed by atoms with Crippen molar-refractivity contribution in [2.45, 2.75) is 23.8 Å². The van der Waals surface area contributed by atoms with Crippen LogP contribution in [0.1, 0.15) is 23.6 Å². The van der Waals surface area contributed by atoms with Gasteiger partial charge in [-0.15, -0.1) is 0 Å². The molecule has 1 atom stereocenters. The summed E-state index contributed by atoms with van der Waals surface area (Å²) in [5, 5.41) is 6.81.